The first kappa shape index (κ1) is 19.4. The van der Waals surface area contributed by atoms with Gasteiger partial charge in [-0.25, -0.2) is 0 Å². The second-order valence-corrected chi connectivity index (χ2v) is 7.74. The zero-order chi connectivity index (χ0) is 19.2. The lowest BCUT2D eigenvalue weighted by molar-refractivity contribution is -0.121. The van der Waals surface area contributed by atoms with Gasteiger partial charge in [0.2, 0.25) is 5.91 Å². The number of nitrogens with one attached hydrogen (secondary N) is 1. The van der Waals surface area contributed by atoms with Crippen molar-refractivity contribution in [1.82, 2.24) is 4.90 Å². The van der Waals surface area contributed by atoms with Gasteiger partial charge in [-0.1, -0.05) is 29.8 Å². The monoisotopic (exact) mass is 366 g/mol. The Morgan fingerprint density at radius 2 is 2.00 bits per heavy atom. The zero-order valence-corrected chi connectivity index (χ0v) is 16.6. The minimum absolute atomic E-state index is 0.0372. The first-order valence-corrected chi connectivity index (χ1v) is 9.85. The maximum Gasteiger partial charge on any atom is 0.228 e. The molecule has 2 aromatic carbocycles. The smallest absolute Gasteiger partial charge is 0.228 e. The molecule has 144 valence electrons. The lowest BCUT2D eigenvalue weighted by Gasteiger charge is -2.32. The molecule has 1 fully saturated rings. The molecule has 2 aromatic rings. The highest BCUT2D eigenvalue weighted by molar-refractivity contribution is 5.92. The fourth-order valence-corrected chi connectivity index (χ4v) is 3.62. The predicted octanol–water partition coefficient (Wildman–Crippen LogP) is 4.63. The third kappa shape index (κ3) is 5.83. The van der Waals surface area contributed by atoms with Gasteiger partial charge >= 0.3 is 0 Å². The molecule has 0 spiro atoms. The molecule has 1 atom stereocenters. The molecular weight excluding hydrogens is 336 g/mol. The number of ether oxygens (including phenoxy) is 1. The van der Waals surface area contributed by atoms with E-state index in [1.54, 1.807) is 0 Å². The van der Waals surface area contributed by atoms with Crippen molar-refractivity contribution in [3.63, 3.8) is 0 Å². The molecular formula is C23H30N2O2. The minimum atomic E-state index is 0.0372. The topological polar surface area (TPSA) is 41.6 Å². The number of benzene rings is 2. The summed E-state index contributed by atoms with van der Waals surface area (Å²) >= 11 is 0. The number of likely N-dealkylation sites (tertiary alicyclic amines) is 1. The number of carbonyl (C=O) groups excluding carboxylic acids is 1. The highest BCUT2D eigenvalue weighted by Crippen LogP contribution is 2.22. The second-order valence-electron chi connectivity index (χ2n) is 7.74. The summed E-state index contributed by atoms with van der Waals surface area (Å²) in [4.78, 5) is 15.1. The van der Waals surface area contributed by atoms with Gasteiger partial charge in [-0.05, 0) is 70.0 Å². The minimum Gasteiger partial charge on any atom is -0.491 e. The summed E-state index contributed by atoms with van der Waals surface area (Å²) in [6.45, 7) is 8.90. The van der Waals surface area contributed by atoms with E-state index in [0.717, 1.165) is 43.9 Å². The van der Waals surface area contributed by atoms with Crippen LogP contribution < -0.4 is 10.1 Å². The summed E-state index contributed by atoms with van der Waals surface area (Å²) in [5, 5.41) is 3.06. The number of carbonyl (C=O) groups is 1. The predicted molar refractivity (Wildman–Crippen MR) is 110 cm³/mol. The number of rotatable bonds is 6. The summed E-state index contributed by atoms with van der Waals surface area (Å²) in [6, 6.07) is 16.2. The van der Waals surface area contributed by atoms with Crippen molar-refractivity contribution in [3.8, 4) is 5.75 Å². The third-order valence-corrected chi connectivity index (χ3v) is 4.86. The van der Waals surface area contributed by atoms with E-state index in [2.05, 4.69) is 41.4 Å². The van der Waals surface area contributed by atoms with Crippen LogP contribution in [0.2, 0.25) is 0 Å². The van der Waals surface area contributed by atoms with Gasteiger partial charge in [0, 0.05) is 18.8 Å². The number of amides is 1. The van der Waals surface area contributed by atoms with Crippen LogP contribution in [0, 0.1) is 12.8 Å². The fourth-order valence-electron chi connectivity index (χ4n) is 3.62. The summed E-state index contributed by atoms with van der Waals surface area (Å²) in [5.41, 5.74) is 3.42. The van der Waals surface area contributed by atoms with Crippen molar-refractivity contribution < 1.29 is 9.53 Å². The lowest BCUT2D eigenvalue weighted by Crippen LogP contribution is -2.40. The van der Waals surface area contributed by atoms with Crippen LogP contribution in [0.4, 0.5) is 5.69 Å². The molecule has 4 nitrogen and oxygen atoms in total. The highest BCUT2D eigenvalue weighted by Gasteiger charge is 2.25. The van der Waals surface area contributed by atoms with Crippen molar-refractivity contribution in [2.45, 2.75) is 46.3 Å². The van der Waals surface area contributed by atoms with E-state index in [9.17, 15) is 4.79 Å². The maximum absolute atomic E-state index is 12.7. The number of aryl methyl sites for hydroxylation is 1. The molecule has 1 aliphatic rings. The number of nitrogens with zero attached hydrogens (tertiary/aromatic N) is 1. The molecule has 0 aromatic heterocycles. The summed E-state index contributed by atoms with van der Waals surface area (Å²) < 4.78 is 5.65. The van der Waals surface area contributed by atoms with E-state index in [-0.39, 0.29) is 17.9 Å². The van der Waals surface area contributed by atoms with Gasteiger partial charge in [-0.15, -0.1) is 0 Å². The molecule has 1 N–H and O–H groups in total. The van der Waals surface area contributed by atoms with Crippen LogP contribution in [0.15, 0.2) is 48.5 Å². The molecule has 1 unspecified atom stereocenters. The van der Waals surface area contributed by atoms with Gasteiger partial charge in [0.1, 0.15) is 5.75 Å². The first-order chi connectivity index (χ1) is 13.0. The van der Waals surface area contributed by atoms with Gasteiger partial charge in [-0.2, -0.15) is 0 Å². The molecule has 0 aliphatic carbocycles. The van der Waals surface area contributed by atoms with E-state index < -0.39 is 0 Å². The van der Waals surface area contributed by atoms with Crippen LogP contribution in [0.5, 0.6) is 5.75 Å². The Hall–Kier alpha value is -2.33. The number of hydrogen-bond acceptors (Lipinski definition) is 3. The average molecular weight is 367 g/mol. The van der Waals surface area contributed by atoms with Crippen LogP contribution in [-0.4, -0.2) is 30.0 Å². The van der Waals surface area contributed by atoms with Gasteiger partial charge < -0.3 is 10.1 Å². The van der Waals surface area contributed by atoms with Gasteiger partial charge in [0.05, 0.1) is 12.0 Å². The first-order valence-electron chi connectivity index (χ1n) is 9.85. The molecule has 1 saturated heterocycles. The van der Waals surface area contributed by atoms with Crippen molar-refractivity contribution >= 4 is 11.6 Å². The van der Waals surface area contributed by atoms with Crippen molar-refractivity contribution in [1.29, 1.82) is 0 Å². The summed E-state index contributed by atoms with van der Waals surface area (Å²) in [5.74, 6) is 0.974. The third-order valence-electron chi connectivity index (χ3n) is 4.86. The van der Waals surface area contributed by atoms with Crippen molar-refractivity contribution in [2.75, 3.05) is 18.4 Å². The van der Waals surface area contributed by atoms with Crippen LogP contribution in [-0.2, 0) is 11.3 Å². The molecule has 3 rings (SSSR count). The van der Waals surface area contributed by atoms with E-state index in [0.29, 0.717) is 0 Å². The maximum atomic E-state index is 12.7. The molecule has 1 amide bonds. The van der Waals surface area contributed by atoms with Crippen LogP contribution in [0.3, 0.4) is 0 Å². The Morgan fingerprint density at radius 1 is 1.22 bits per heavy atom. The highest BCUT2D eigenvalue weighted by atomic mass is 16.5. The fraction of sp³-hybridized carbons (Fsp3) is 0.435. The second kappa shape index (κ2) is 9.05. The Kier molecular flexibility index (Phi) is 6.51. The van der Waals surface area contributed by atoms with E-state index >= 15 is 0 Å². The quantitative estimate of drug-likeness (QED) is 0.810. The standard InChI is InChI=1S/C23H30N2O2/c1-17(2)27-22-11-9-21(10-12-22)24-23(26)20-8-5-13-25(16-20)15-19-7-4-6-18(3)14-19/h4,6-7,9-12,14,17,20H,5,8,13,15-16H2,1-3H3,(H,24,26). The molecule has 1 heterocycles. The average Bonchev–Trinajstić information content (AvgIpc) is 2.63. The molecule has 0 radical (unpaired) electrons. The number of hydrogen-bond donors (Lipinski definition) is 1. The Labute approximate surface area is 162 Å². The zero-order valence-electron chi connectivity index (χ0n) is 16.6. The van der Waals surface area contributed by atoms with Gasteiger partial charge in [-0.3, -0.25) is 9.69 Å². The Balaban J connectivity index is 1.55. The summed E-state index contributed by atoms with van der Waals surface area (Å²) in [7, 11) is 0. The normalized spacial score (nSPS) is 17.7. The molecule has 0 saturated carbocycles. The largest absolute Gasteiger partial charge is 0.491 e. The van der Waals surface area contributed by atoms with Crippen LogP contribution in [0.25, 0.3) is 0 Å². The number of anilines is 1. The van der Waals surface area contributed by atoms with Crippen molar-refractivity contribution in [3.05, 3.63) is 59.7 Å². The van der Waals surface area contributed by atoms with E-state index in [1.165, 1.54) is 11.1 Å². The Bertz CT molecular complexity index is 755. The van der Waals surface area contributed by atoms with Gasteiger partial charge in [0.25, 0.3) is 0 Å². The molecule has 1 aliphatic heterocycles. The van der Waals surface area contributed by atoms with Gasteiger partial charge in [0.15, 0.2) is 0 Å². The van der Waals surface area contributed by atoms with E-state index in [1.807, 2.05) is 38.1 Å². The van der Waals surface area contributed by atoms with Crippen molar-refractivity contribution in [2.24, 2.45) is 5.92 Å². The molecule has 4 heteroatoms. The molecule has 0 bridgehead atoms. The lowest BCUT2D eigenvalue weighted by atomic mass is 9.96. The summed E-state index contributed by atoms with van der Waals surface area (Å²) in [6.07, 6.45) is 2.16. The van der Waals surface area contributed by atoms with E-state index in [4.69, 9.17) is 4.74 Å². The molecule has 27 heavy (non-hydrogen) atoms. The Morgan fingerprint density at radius 3 is 2.70 bits per heavy atom. The SMILES string of the molecule is Cc1cccc(CN2CCCC(C(=O)Nc3ccc(OC(C)C)cc3)C2)c1. The van der Waals surface area contributed by atoms with Crippen LogP contribution in [0.1, 0.15) is 37.8 Å². The number of piperidine rings is 1. The van der Waals surface area contributed by atoms with Crippen LogP contribution >= 0.6 is 0 Å².